The van der Waals surface area contributed by atoms with Gasteiger partial charge in [-0.1, -0.05) is 12.2 Å². The lowest BCUT2D eigenvalue weighted by molar-refractivity contribution is -0.150. The Hall–Kier alpha value is -1.42. The van der Waals surface area contributed by atoms with Gasteiger partial charge in [0.1, 0.15) is 0 Å². The summed E-state index contributed by atoms with van der Waals surface area (Å²) in [4.78, 5) is 19.8. The maximum atomic E-state index is 9.92. The highest BCUT2D eigenvalue weighted by molar-refractivity contribution is 6.04. The summed E-state index contributed by atoms with van der Waals surface area (Å²) in [5.41, 5.74) is 0.810. The van der Waals surface area contributed by atoms with E-state index in [2.05, 4.69) is 11.3 Å². The van der Waals surface area contributed by atoms with Gasteiger partial charge < -0.3 is 9.84 Å². The maximum absolute atomic E-state index is 9.92. The van der Waals surface area contributed by atoms with Crippen molar-refractivity contribution >= 4 is 11.9 Å². The molecule has 66 valence electrons. The van der Waals surface area contributed by atoms with Gasteiger partial charge in [0.2, 0.25) is 0 Å². The van der Waals surface area contributed by atoms with Crippen molar-refractivity contribution in [1.82, 2.24) is 0 Å². The van der Waals surface area contributed by atoms with Crippen LogP contribution in [-0.2, 0) is 14.3 Å². The van der Waals surface area contributed by atoms with Crippen molar-refractivity contribution in [3.8, 4) is 0 Å². The summed E-state index contributed by atoms with van der Waals surface area (Å²) in [5, 5.41) is 8.04. The summed E-state index contributed by atoms with van der Waals surface area (Å²) < 4.78 is 3.97. The second-order valence-electron chi connectivity index (χ2n) is 2.19. The molecule has 0 bridgehead atoms. The van der Waals surface area contributed by atoms with Crippen LogP contribution in [0.15, 0.2) is 24.3 Å². The lowest BCUT2D eigenvalue weighted by Crippen LogP contribution is -1.96. The number of hydrogen-bond acceptors (Lipinski definition) is 4. The number of esters is 2. The van der Waals surface area contributed by atoms with Gasteiger partial charge in [-0.3, -0.25) is 0 Å². The lowest BCUT2D eigenvalue weighted by atomic mass is 10.4. The Kier molecular flexibility index (Phi) is 4.64. The molecule has 1 rings (SSSR count). The van der Waals surface area contributed by atoms with Crippen LogP contribution in [0.25, 0.3) is 0 Å². The summed E-state index contributed by atoms with van der Waals surface area (Å²) in [7, 11) is 0. The van der Waals surface area contributed by atoms with E-state index in [-0.39, 0.29) is 6.61 Å². The molecule has 1 aliphatic heterocycles. The molecule has 0 fully saturated rings. The first-order valence-corrected chi connectivity index (χ1v) is 3.25. The Balaban J connectivity index is 0.000000217. The van der Waals surface area contributed by atoms with Crippen LogP contribution in [-0.4, -0.2) is 23.7 Å². The third-order valence-corrected chi connectivity index (χ3v) is 0.827. The minimum absolute atomic E-state index is 0.111. The minimum Gasteiger partial charge on any atom is -0.392 e. The highest BCUT2D eigenvalue weighted by atomic mass is 16.6. The fourth-order valence-electron chi connectivity index (χ4n) is 0.303. The number of hydrogen-bond donors (Lipinski definition) is 1. The molecule has 0 amide bonds. The molecule has 0 aromatic carbocycles. The van der Waals surface area contributed by atoms with E-state index in [1.807, 2.05) is 0 Å². The Morgan fingerprint density at radius 1 is 1.50 bits per heavy atom. The maximum Gasteiger partial charge on any atom is 0.338 e. The Morgan fingerprint density at radius 2 is 1.83 bits per heavy atom. The van der Waals surface area contributed by atoms with E-state index in [0.717, 1.165) is 17.7 Å². The molecule has 0 aromatic heterocycles. The summed E-state index contributed by atoms with van der Waals surface area (Å²) in [6.07, 6.45) is 2.17. The lowest BCUT2D eigenvalue weighted by Gasteiger charge is -1.80. The summed E-state index contributed by atoms with van der Waals surface area (Å²) in [6.45, 7) is 5.31. The molecule has 4 nitrogen and oxygen atoms in total. The van der Waals surface area contributed by atoms with Crippen LogP contribution in [0, 0.1) is 0 Å². The second kappa shape index (κ2) is 5.26. The SMILES string of the molecule is C=C(C)CO.O=C1C=CC(=O)O1. The van der Waals surface area contributed by atoms with Crippen LogP contribution in [0.4, 0.5) is 0 Å². The molecule has 1 N–H and O–H groups in total. The van der Waals surface area contributed by atoms with E-state index in [0.29, 0.717) is 0 Å². The van der Waals surface area contributed by atoms with Gasteiger partial charge >= 0.3 is 11.9 Å². The molecular formula is C8H10O4. The van der Waals surface area contributed by atoms with E-state index in [4.69, 9.17) is 5.11 Å². The molecule has 0 spiro atoms. The number of carbonyl (C=O) groups excluding carboxylic acids is 2. The average Bonchev–Trinajstić information content (AvgIpc) is 2.36. The second-order valence-corrected chi connectivity index (χ2v) is 2.19. The summed E-state index contributed by atoms with van der Waals surface area (Å²) in [6, 6.07) is 0. The Bertz CT molecular complexity index is 211. The third-order valence-electron chi connectivity index (χ3n) is 0.827. The number of ether oxygens (including phenoxy) is 1. The highest BCUT2D eigenvalue weighted by Gasteiger charge is 2.10. The molecule has 1 heterocycles. The van der Waals surface area contributed by atoms with Gasteiger partial charge in [-0.05, 0) is 6.92 Å². The molecule has 0 aromatic rings. The molecule has 0 saturated heterocycles. The molecule has 0 saturated carbocycles. The third kappa shape index (κ3) is 5.37. The fourth-order valence-corrected chi connectivity index (χ4v) is 0.303. The van der Waals surface area contributed by atoms with Crippen molar-refractivity contribution in [2.24, 2.45) is 0 Å². The van der Waals surface area contributed by atoms with Crippen molar-refractivity contribution in [3.05, 3.63) is 24.3 Å². The predicted octanol–water partition coefficient (Wildman–Crippen LogP) is 0.181. The van der Waals surface area contributed by atoms with Crippen molar-refractivity contribution in [3.63, 3.8) is 0 Å². The van der Waals surface area contributed by atoms with Gasteiger partial charge in [0.15, 0.2) is 0 Å². The topological polar surface area (TPSA) is 63.6 Å². The van der Waals surface area contributed by atoms with Crippen LogP contribution >= 0.6 is 0 Å². The van der Waals surface area contributed by atoms with Crippen molar-refractivity contribution in [2.45, 2.75) is 6.92 Å². The largest absolute Gasteiger partial charge is 0.392 e. The van der Waals surface area contributed by atoms with E-state index in [1.54, 1.807) is 6.92 Å². The first-order valence-electron chi connectivity index (χ1n) is 3.25. The Labute approximate surface area is 70.1 Å². The number of carbonyl (C=O) groups is 2. The number of cyclic esters (lactones) is 2. The normalized spacial score (nSPS) is 13.5. The van der Waals surface area contributed by atoms with Crippen molar-refractivity contribution < 1.29 is 19.4 Å². The van der Waals surface area contributed by atoms with Gasteiger partial charge in [-0.2, -0.15) is 0 Å². The molecule has 0 radical (unpaired) electrons. The van der Waals surface area contributed by atoms with Crippen molar-refractivity contribution in [1.29, 1.82) is 0 Å². The summed E-state index contributed by atoms with van der Waals surface area (Å²) in [5.74, 6) is -1.16. The van der Waals surface area contributed by atoms with Crippen LogP contribution in [0.2, 0.25) is 0 Å². The molecular weight excluding hydrogens is 160 g/mol. The van der Waals surface area contributed by atoms with Gasteiger partial charge in [-0.25, -0.2) is 9.59 Å². The van der Waals surface area contributed by atoms with Crippen molar-refractivity contribution in [2.75, 3.05) is 6.61 Å². The molecule has 12 heavy (non-hydrogen) atoms. The standard InChI is InChI=1S/C4H2O3.C4H8O/c5-3-1-2-4(6)7-3;1-4(2)3-5/h1-2H;5H,1,3H2,2H3. The smallest absolute Gasteiger partial charge is 0.338 e. The van der Waals surface area contributed by atoms with E-state index >= 15 is 0 Å². The number of rotatable bonds is 1. The molecule has 0 atom stereocenters. The van der Waals surface area contributed by atoms with E-state index in [9.17, 15) is 9.59 Å². The van der Waals surface area contributed by atoms with Gasteiger partial charge in [0.25, 0.3) is 0 Å². The highest BCUT2D eigenvalue weighted by Crippen LogP contribution is 1.92. The van der Waals surface area contributed by atoms with Crippen LogP contribution < -0.4 is 0 Å². The van der Waals surface area contributed by atoms with Crippen LogP contribution in [0.5, 0.6) is 0 Å². The minimum atomic E-state index is -0.579. The van der Waals surface area contributed by atoms with E-state index < -0.39 is 11.9 Å². The number of aliphatic hydroxyl groups is 1. The van der Waals surface area contributed by atoms with Gasteiger partial charge in [0.05, 0.1) is 6.61 Å². The molecule has 0 unspecified atom stereocenters. The zero-order valence-electron chi connectivity index (χ0n) is 6.74. The average molecular weight is 170 g/mol. The first-order chi connectivity index (χ1) is 5.56. The fraction of sp³-hybridized carbons (Fsp3) is 0.250. The van der Waals surface area contributed by atoms with E-state index in [1.165, 1.54) is 0 Å². The summed E-state index contributed by atoms with van der Waals surface area (Å²) >= 11 is 0. The Morgan fingerprint density at radius 3 is 1.92 bits per heavy atom. The van der Waals surface area contributed by atoms with Gasteiger partial charge in [-0.15, -0.1) is 0 Å². The predicted molar refractivity (Wildman–Crippen MR) is 42.1 cm³/mol. The molecule has 1 aliphatic rings. The molecule has 4 heteroatoms. The zero-order chi connectivity index (χ0) is 9.56. The van der Waals surface area contributed by atoms with Crippen LogP contribution in [0.1, 0.15) is 6.92 Å². The quantitative estimate of drug-likeness (QED) is 0.346. The monoisotopic (exact) mass is 170 g/mol. The molecule has 0 aliphatic carbocycles. The number of aliphatic hydroxyl groups excluding tert-OH is 1. The first kappa shape index (κ1) is 10.6. The zero-order valence-corrected chi connectivity index (χ0v) is 6.74. The van der Waals surface area contributed by atoms with Gasteiger partial charge in [0, 0.05) is 12.2 Å². The van der Waals surface area contributed by atoms with Crippen LogP contribution in [0.3, 0.4) is 0 Å².